The predicted molar refractivity (Wildman–Crippen MR) is 86.9 cm³/mol. The van der Waals surface area contributed by atoms with Crippen LogP contribution in [0.5, 0.6) is 0 Å². The minimum absolute atomic E-state index is 0.0703. The molecule has 1 aliphatic carbocycles. The molecule has 23 heavy (non-hydrogen) atoms. The molecule has 0 aliphatic heterocycles. The molecule has 1 fully saturated rings. The van der Waals surface area contributed by atoms with Gasteiger partial charge in [0, 0.05) is 6.04 Å². The molecule has 1 aromatic carbocycles. The summed E-state index contributed by atoms with van der Waals surface area (Å²) in [5, 5.41) is 0. The first kappa shape index (κ1) is 15.9. The van der Waals surface area contributed by atoms with E-state index in [2.05, 4.69) is 21.6 Å². The highest BCUT2D eigenvalue weighted by molar-refractivity contribution is 7.89. The maximum absolute atomic E-state index is 12.6. The molecule has 0 amide bonds. The topological polar surface area (TPSA) is 112 Å². The summed E-state index contributed by atoms with van der Waals surface area (Å²) in [6, 6.07) is 4.19. The summed E-state index contributed by atoms with van der Waals surface area (Å²) in [6.45, 7) is 2.05. The molecule has 0 bridgehead atoms. The van der Waals surface area contributed by atoms with E-state index in [0.29, 0.717) is 11.4 Å². The molecule has 124 valence electrons. The number of H-pyrrole nitrogens is 2. The van der Waals surface area contributed by atoms with Crippen molar-refractivity contribution in [2.24, 2.45) is 5.92 Å². The highest BCUT2D eigenvalue weighted by atomic mass is 32.2. The van der Waals surface area contributed by atoms with Crippen molar-refractivity contribution in [2.45, 2.75) is 43.5 Å². The van der Waals surface area contributed by atoms with Crippen molar-refractivity contribution < 1.29 is 8.42 Å². The van der Waals surface area contributed by atoms with Crippen LogP contribution in [0.15, 0.2) is 32.7 Å². The van der Waals surface area contributed by atoms with E-state index in [1.807, 2.05) is 0 Å². The third-order valence-electron chi connectivity index (χ3n) is 4.42. The fourth-order valence-corrected chi connectivity index (χ4v) is 4.42. The van der Waals surface area contributed by atoms with Crippen LogP contribution in [0.25, 0.3) is 11.0 Å². The standard InChI is InChI=1S/C15H19N3O4S/c1-9-4-2-3-5-11(9)18-23(21,22)10-6-7-12-13(8-10)17-15(20)14(19)16-12/h6-9,11,18H,2-5H2,1H3,(H,16,19)(H,17,20). The van der Waals surface area contributed by atoms with Crippen molar-refractivity contribution in [2.75, 3.05) is 0 Å². The van der Waals surface area contributed by atoms with E-state index in [-0.39, 0.29) is 16.5 Å². The molecule has 1 aliphatic rings. The molecule has 1 heterocycles. The third kappa shape index (κ3) is 3.23. The van der Waals surface area contributed by atoms with Gasteiger partial charge in [0.15, 0.2) is 0 Å². The number of hydrogen-bond acceptors (Lipinski definition) is 4. The van der Waals surface area contributed by atoms with Crippen LogP contribution in [-0.4, -0.2) is 24.4 Å². The number of aromatic amines is 2. The van der Waals surface area contributed by atoms with Gasteiger partial charge < -0.3 is 9.97 Å². The van der Waals surface area contributed by atoms with E-state index < -0.39 is 21.1 Å². The molecule has 7 nitrogen and oxygen atoms in total. The fourth-order valence-electron chi connectivity index (χ4n) is 3.02. The van der Waals surface area contributed by atoms with Crippen LogP contribution in [0.4, 0.5) is 0 Å². The van der Waals surface area contributed by atoms with Crippen LogP contribution in [0, 0.1) is 5.92 Å². The lowest BCUT2D eigenvalue weighted by molar-refractivity contribution is 0.310. The van der Waals surface area contributed by atoms with Crippen LogP contribution >= 0.6 is 0 Å². The lowest BCUT2D eigenvalue weighted by atomic mass is 9.87. The minimum Gasteiger partial charge on any atom is -0.316 e. The van der Waals surface area contributed by atoms with E-state index in [0.717, 1.165) is 25.7 Å². The van der Waals surface area contributed by atoms with Gasteiger partial charge in [-0.1, -0.05) is 19.8 Å². The first-order valence-corrected chi connectivity index (χ1v) is 9.14. The quantitative estimate of drug-likeness (QED) is 0.727. The summed E-state index contributed by atoms with van der Waals surface area (Å²) in [5.74, 6) is 0.301. The molecule has 0 radical (unpaired) electrons. The molecular weight excluding hydrogens is 318 g/mol. The van der Waals surface area contributed by atoms with Crippen LogP contribution in [0.3, 0.4) is 0 Å². The number of aromatic nitrogens is 2. The van der Waals surface area contributed by atoms with Gasteiger partial charge in [-0.15, -0.1) is 0 Å². The average molecular weight is 337 g/mol. The molecule has 2 atom stereocenters. The van der Waals surface area contributed by atoms with Gasteiger partial charge in [-0.25, -0.2) is 13.1 Å². The maximum atomic E-state index is 12.6. The summed E-state index contributed by atoms with van der Waals surface area (Å²) in [5.41, 5.74) is -0.892. The monoisotopic (exact) mass is 337 g/mol. The zero-order chi connectivity index (χ0) is 16.6. The summed E-state index contributed by atoms with van der Waals surface area (Å²) >= 11 is 0. The number of nitrogens with one attached hydrogen (secondary N) is 3. The van der Waals surface area contributed by atoms with Crippen molar-refractivity contribution in [1.82, 2.24) is 14.7 Å². The number of sulfonamides is 1. The molecule has 0 spiro atoms. The van der Waals surface area contributed by atoms with Crippen LogP contribution in [0.1, 0.15) is 32.6 Å². The highest BCUT2D eigenvalue weighted by Crippen LogP contribution is 2.25. The van der Waals surface area contributed by atoms with Crippen molar-refractivity contribution in [1.29, 1.82) is 0 Å². The molecule has 8 heteroatoms. The van der Waals surface area contributed by atoms with E-state index in [1.54, 1.807) is 0 Å². The molecule has 1 aromatic heterocycles. The van der Waals surface area contributed by atoms with Crippen LogP contribution < -0.4 is 15.8 Å². The lowest BCUT2D eigenvalue weighted by Gasteiger charge is -2.29. The fraction of sp³-hybridized carbons (Fsp3) is 0.467. The van der Waals surface area contributed by atoms with Gasteiger partial charge in [0.1, 0.15) is 0 Å². The molecule has 3 N–H and O–H groups in total. The third-order valence-corrected chi connectivity index (χ3v) is 5.91. The molecule has 2 unspecified atom stereocenters. The second-order valence-corrected chi connectivity index (χ2v) is 7.82. The van der Waals surface area contributed by atoms with Crippen molar-refractivity contribution in [3.63, 3.8) is 0 Å². The Morgan fingerprint density at radius 3 is 2.39 bits per heavy atom. The zero-order valence-corrected chi connectivity index (χ0v) is 13.6. The van der Waals surface area contributed by atoms with Gasteiger partial charge in [0.25, 0.3) is 0 Å². The van der Waals surface area contributed by atoms with Crippen molar-refractivity contribution in [3.8, 4) is 0 Å². The number of hydrogen-bond donors (Lipinski definition) is 3. The van der Waals surface area contributed by atoms with Crippen LogP contribution in [0.2, 0.25) is 0 Å². The summed E-state index contributed by atoms with van der Waals surface area (Å²) < 4.78 is 27.9. The normalized spacial score (nSPS) is 22.3. The highest BCUT2D eigenvalue weighted by Gasteiger charge is 2.26. The summed E-state index contributed by atoms with van der Waals surface area (Å²) in [7, 11) is -3.67. The van der Waals surface area contributed by atoms with Gasteiger partial charge in [-0.2, -0.15) is 0 Å². The van der Waals surface area contributed by atoms with Crippen molar-refractivity contribution in [3.05, 3.63) is 38.9 Å². The minimum atomic E-state index is -3.67. The lowest BCUT2D eigenvalue weighted by Crippen LogP contribution is -2.41. The number of fused-ring (bicyclic) bond motifs is 1. The zero-order valence-electron chi connectivity index (χ0n) is 12.8. The van der Waals surface area contributed by atoms with Crippen molar-refractivity contribution >= 4 is 21.1 Å². The second kappa shape index (κ2) is 5.93. The Hall–Kier alpha value is -1.93. The summed E-state index contributed by atoms with van der Waals surface area (Å²) in [4.78, 5) is 27.5. The summed E-state index contributed by atoms with van der Waals surface area (Å²) in [6.07, 6.45) is 3.99. The molecular formula is C15H19N3O4S. The van der Waals surface area contributed by atoms with Gasteiger partial charge >= 0.3 is 11.1 Å². The number of rotatable bonds is 3. The van der Waals surface area contributed by atoms with Gasteiger partial charge in [0.2, 0.25) is 10.0 Å². The SMILES string of the molecule is CC1CCCCC1NS(=O)(=O)c1ccc2[nH]c(=O)c(=O)[nH]c2c1. The molecule has 3 rings (SSSR count). The largest absolute Gasteiger partial charge is 0.316 e. The Bertz CT molecular complexity index is 945. The van der Waals surface area contributed by atoms with Crippen LogP contribution in [-0.2, 0) is 10.0 Å². The first-order chi connectivity index (χ1) is 10.9. The smallest absolute Gasteiger partial charge is 0.314 e. The Balaban J connectivity index is 1.96. The molecule has 1 saturated carbocycles. The number of benzene rings is 1. The average Bonchev–Trinajstić information content (AvgIpc) is 2.50. The molecule has 2 aromatic rings. The molecule has 0 saturated heterocycles. The first-order valence-electron chi connectivity index (χ1n) is 7.65. The van der Waals surface area contributed by atoms with E-state index in [1.165, 1.54) is 18.2 Å². The Morgan fingerprint density at radius 1 is 1.04 bits per heavy atom. The predicted octanol–water partition coefficient (Wildman–Crippen LogP) is 1.07. The van der Waals surface area contributed by atoms with Gasteiger partial charge in [-0.05, 0) is 37.0 Å². The van der Waals surface area contributed by atoms with E-state index in [9.17, 15) is 18.0 Å². The van der Waals surface area contributed by atoms with E-state index in [4.69, 9.17) is 0 Å². The Labute approximate surface area is 133 Å². The second-order valence-electron chi connectivity index (χ2n) is 6.11. The van der Waals surface area contributed by atoms with Gasteiger partial charge in [-0.3, -0.25) is 9.59 Å². The Kier molecular flexibility index (Phi) is 4.11. The Morgan fingerprint density at radius 2 is 1.70 bits per heavy atom. The van der Waals surface area contributed by atoms with E-state index >= 15 is 0 Å². The maximum Gasteiger partial charge on any atom is 0.314 e. The van der Waals surface area contributed by atoms with Gasteiger partial charge in [0.05, 0.1) is 15.9 Å².